The van der Waals surface area contributed by atoms with E-state index in [-0.39, 0.29) is 37.9 Å². The minimum absolute atomic E-state index is 0.0417. The lowest BCUT2D eigenvalue weighted by Gasteiger charge is -2.09. The fourth-order valence-electron chi connectivity index (χ4n) is 3.14. The number of hydrogen-bond donors (Lipinski definition) is 1. The van der Waals surface area contributed by atoms with Crippen LogP contribution in [0.15, 0.2) is 38.4 Å². The molecule has 0 aliphatic carbocycles. The van der Waals surface area contributed by atoms with E-state index >= 15 is 0 Å². The Balaban J connectivity index is 1.55. The number of fused-ring (bicyclic) bond motifs is 1. The van der Waals surface area contributed by atoms with Crippen LogP contribution in [0.25, 0.3) is 0 Å². The molecule has 0 radical (unpaired) electrons. The van der Waals surface area contributed by atoms with Gasteiger partial charge in [-0.25, -0.2) is 9.18 Å². The molecule has 3 heterocycles. The van der Waals surface area contributed by atoms with Gasteiger partial charge in [0.25, 0.3) is 5.56 Å². The zero-order valence-electron chi connectivity index (χ0n) is 15.0. The molecular formula is C18H17FN4O5. The van der Waals surface area contributed by atoms with Crippen molar-refractivity contribution in [1.82, 2.24) is 19.3 Å². The van der Waals surface area contributed by atoms with Crippen molar-refractivity contribution in [1.29, 1.82) is 0 Å². The number of rotatable bonds is 5. The first kappa shape index (κ1) is 18.3. The van der Waals surface area contributed by atoms with Crippen molar-refractivity contribution in [2.45, 2.75) is 32.3 Å². The fraction of sp³-hybridized carbons (Fsp3) is 0.333. The number of nitrogens with zero attached hydrogens (tertiary/aromatic N) is 4. The smallest absolute Gasteiger partial charge is 0.331 e. The summed E-state index contributed by atoms with van der Waals surface area (Å²) in [6, 6.07) is 5.44. The Labute approximate surface area is 157 Å². The minimum Gasteiger partial charge on any atom is -0.388 e. The highest BCUT2D eigenvalue weighted by molar-refractivity contribution is 5.20. The third-order valence-electron chi connectivity index (χ3n) is 4.69. The van der Waals surface area contributed by atoms with Crippen molar-refractivity contribution in [2.24, 2.45) is 7.05 Å². The fourth-order valence-corrected chi connectivity index (χ4v) is 3.14. The molecule has 0 fully saturated rings. The second-order valence-electron chi connectivity index (χ2n) is 6.53. The van der Waals surface area contributed by atoms with Crippen LogP contribution in [0.4, 0.5) is 4.39 Å². The Hall–Kier alpha value is -3.11. The van der Waals surface area contributed by atoms with Crippen LogP contribution in [-0.4, -0.2) is 24.4 Å². The molecule has 3 aromatic rings. The van der Waals surface area contributed by atoms with Crippen LogP contribution in [-0.2, 0) is 38.0 Å². The average Bonchev–Trinajstić information content (AvgIpc) is 3.34. The monoisotopic (exact) mass is 388 g/mol. The normalized spacial score (nSPS) is 14.2. The van der Waals surface area contributed by atoms with Gasteiger partial charge in [-0.3, -0.25) is 13.9 Å². The van der Waals surface area contributed by atoms with Crippen molar-refractivity contribution >= 4 is 0 Å². The first-order valence-electron chi connectivity index (χ1n) is 8.58. The zero-order valence-corrected chi connectivity index (χ0v) is 15.0. The maximum absolute atomic E-state index is 13.0. The SMILES string of the molecule is Cn1c2c(c(=O)n(Cc3nc(C[C@H](O)c4ccc(F)cc4)no3)c1=O)COC2. The van der Waals surface area contributed by atoms with E-state index < -0.39 is 23.2 Å². The summed E-state index contributed by atoms with van der Waals surface area (Å²) < 4.78 is 25.7. The predicted molar refractivity (Wildman–Crippen MR) is 92.9 cm³/mol. The van der Waals surface area contributed by atoms with Gasteiger partial charge in [0.05, 0.1) is 30.6 Å². The lowest BCUT2D eigenvalue weighted by Crippen LogP contribution is -2.42. The lowest BCUT2D eigenvalue weighted by molar-refractivity contribution is 0.131. The highest BCUT2D eigenvalue weighted by atomic mass is 19.1. The molecule has 146 valence electrons. The molecular weight excluding hydrogens is 371 g/mol. The number of hydrogen-bond acceptors (Lipinski definition) is 7. The molecule has 1 aliphatic rings. The number of aliphatic hydroxyl groups excluding tert-OH is 1. The first-order valence-corrected chi connectivity index (χ1v) is 8.58. The van der Waals surface area contributed by atoms with Gasteiger partial charge in [0.2, 0.25) is 5.89 Å². The van der Waals surface area contributed by atoms with Crippen molar-refractivity contribution in [3.8, 4) is 0 Å². The van der Waals surface area contributed by atoms with E-state index in [0.717, 1.165) is 4.57 Å². The van der Waals surface area contributed by atoms with E-state index in [0.29, 0.717) is 16.8 Å². The molecule has 0 saturated carbocycles. The summed E-state index contributed by atoms with van der Waals surface area (Å²) >= 11 is 0. The molecule has 0 spiro atoms. The van der Waals surface area contributed by atoms with Gasteiger partial charge >= 0.3 is 5.69 Å². The summed E-state index contributed by atoms with van der Waals surface area (Å²) in [5.74, 6) is -0.120. The molecule has 2 aromatic heterocycles. The minimum atomic E-state index is -0.946. The molecule has 1 aromatic carbocycles. The highest BCUT2D eigenvalue weighted by Gasteiger charge is 2.23. The van der Waals surface area contributed by atoms with Crippen molar-refractivity contribution in [2.75, 3.05) is 0 Å². The Morgan fingerprint density at radius 2 is 2.00 bits per heavy atom. The molecule has 0 unspecified atom stereocenters. The van der Waals surface area contributed by atoms with E-state index in [1.54, 1.807) is 7.05 Å². The van der Waals surface area contributed by atoms with E-state index in [2.05, 4.69) is 10.1 Å². The van der Waals surface area contributed by atoms with Gasteiger partial charge in [-0.15, -0.1) is 0 Å². The molecule has 1 aliphatic heterocycles. The molecule has 0 saturated heterocycles. The maximum atomic E-state index is 13.0. The van der Waals surface area contributed by atoms with Gasteiger partial charge in [0.1, 0.15) is 12.4 Å². The number of aliphatic hydroxyl groups is 1. The van der Waals surface area contributed by atoms with Gasteiger partial charge in [0.15, 0.2) is 5.82 Å². The van der Waals surface area contributed by atoms with Crippen molar-refractivity contribution in [3.63, 3.8) is 0 Å². The lowest BCUT2D eigenvalue weighted by atomic mass is 10.1. The average molecular weight is 388 g/mol. The molecule has 0 amide bonds. The Morgan fingerprint density at radius 1 is 1.25 bits per heavy atom. The first-order chi connectivity index (χ1) is 13.4. The quantitative estimate of drug-likeness (QED) is 0.674. The number of halogens is 1. The largest absolute Gasteiger partial charge is 0.388 e. The van der Waals surface area contributed by atoms with Crippen LogP contribution in [0.2, 0.25) is 0 Å². The second kappa shape index (κ2) is 7.13. The van der Waals surface area contributed by atoms with Crippen LogP contribution in [0, 0.1) is 5.82 Å². The van der Waals surface area contributed by atoms with E-state index in [4.69, 9.17) is 9.26 Å². The van der Waals surface area contributed by atoms with Crippen LogP contribution in [0.5, 0.6) is 0 Å². The van der Waals surface area contributed by atoms with E-state index in [1.807, 2.05) is 0 Å². The van der Waals surface area contributed by atoms with Crippen molar-refractivity contribution in [3.05, 3.63) is 79.5 Å². The number of benzene rings is 1. The zero-order chi connectivity index (χ0) is 19.8. The summed E-state index contributed by atoms with van der Waals surface area (Å²) in [6.07, 6.45) is -0.904. The molecule has 1 N–H and O–H groups in total. The topological polar surface area (TPSA) is 112 Å². The summed E-state index contributed by atoms with van der Waals surface area (Å²) in [5.41, 5.74) is 0.576. The van der Waals surface area contributed by atoms with Gasteiger partial charge in [0, 0.05) is 13.5 Å². The molecule has 1 atom stereocenters. The third-order valence-corrected chi connectivity index (χ3v) is 4.69. The van der Waals surface area contributed by atoms with Crippen LogP contribution in [0.3, 0.4) is 0 Å². The van der Waals surface area contributed by atoms with E-state index in [1.165, 1.54) is 28.8 Å². The van der Waals surface area contributed by atoms with Crippen molar-refractivity contribution < 1.29 is 18.8 Å². The van der Waals surface area contributed by atoms with Crippen LogP contribution < -0.4 is 11.2 Å². The summed E-state index contributed by atoms with van der Waals surface area (Å²) in [6.45, 7) is 0.197. The molecule has 9 nitrogen and oxygen atoms in total. The molecule has 0 bridgehead atoms. The standard InChI is InChI=1S/C18H17FN4O5/c1-22-13-9-27-8-12(13)17(25)23(18(22)26)7-16-20-15(21-28-16)6-14(24)10-2-4-11(19)5-3-10/h2-5,14,24H,6-9H2,1H3/t14-/m0/s1. The van der Waals surface area contributed by atoms with Gasteiger partial charge in [-0.2, -0.15) is 4.98 Å². The summed E-state index contributed by atoms with van der Waals surface area (Å²) in [5, 5.41) is 14.0. The molecule has 4 rings (SSSR count). The third kappa shape index (κ3) is 3.27. The number of ether oxygens (including phenoxy) is 1. The Bertz CT molecular complexity index is 1130. The van der Waals surface area contributed by atoms with Gasteiger partial charge in [-0.05, 0) is 17.7 Å². The molecule has 28 heavy (non-hydrogen) atoms. The van der Waals surface area contributed by atoms with Crippen LogP contribution >= 0.6 is 0 Å². The highest BCUT2D eigenvalue weighted by Crippen LogP contribution is 2.18. The molecule has 10 heteroatoms. The maximum Gasteiger partial charge on any atom is 0.331 e. The Kier molecular flexibility index (Phi) is 4.65. The Morgan fingerprint density at radius 3 is 2.75 bits per heavy atom. The predicted octanol–water partition coefficient (Wildman–Crippen LogP) is 0.424. The number of aromatic nitrogens is 4. The van der Waals surface area contributed by atoms with E-state index in [9.17, 15) is 19.1 Å². The van der Waals surface area contributed by atoms with Gasteiger partial charge < -0.3 is 14.4 Å². The summed E-state index contributed by atoms with van der Waals surface area (Å²) in [7, 11) is 1.57. The van der Waals surface area contributed by atoms with Gasteiger partial charge in [-0.1, -0.05) is 17.3 Å². The van der Waals surface area contributed by atoms with Crippen LogP contribution in [0.1, 0.15) is 34.6 Å². The second-order valence-corrected chi connectivity index (χ2v) is 6.53. The summed E-state index contributed by atoms with van der Waals surface area (Å²) in [4.78, 5) is 29.1.